The van der Waals surface area contributed by atoms with Gasteiger partial charge in [-0.05, 0) is 79.2 Å². The van der Waals surface area contributed by atoms with Gasteiger partial charge >= 0.3 is 0 Å². The average Bonchev–Trinajstić information content (AvgIpc) is 3.71. The number of pyridine rings is 1. The highest BCUT2D eigenvalue weighted by Gasteiger charge is 2.35. The minimum absolute atomic E-state index is 0.0122. The van der Waals surface area contributed by atoms with Gasteiger partial charge in [0, 0.05) is 49.2 Å². The van der Waals surface area contributed by atoms with Crippen molar-refractivity contribution in [3.8, 4) is 28.3 Å². The molecule has 3 amide bonds. The van der Waals surface area contributed by atoms with Gasteiger partial charge in [0.1, 0.15) is 18.0 Å². The molecule has 1 aliphatic carbocycles. The summed E-state index contributed by atoms with van der Waals surface area (Å²) in [5.74, 6) is 1.05. The van der Waals surface area contributed by atoms with E-state index in [2.05, 4.69) is 57.9 Å². The minimum Gasteiger partial charge on any atom is -0.481 e. The number of anilines is 1. The summed E-state index contributed by atoms with van der Waals surface area (Å²) >= 11 is 7.15. The highest BCUT2D eigenvalue weighted by molar-refractivity contribution is 6.36. The Bertz CT molecular complexity index is 1970. The lowest BCUT2D eigenvalue weighted by Crippen LogP contribution is -2.52. The van der Waals surface area contributed by atoms with E-state index >= 15 is 0 Å². The van der Waals surface area contributed by atoms with E-state index in [-0.39, 0.29) is 29.6 Å². The van der Waals surface area contributed by atoms with Gasteiger partial charge in [-0.2, -0.15) is 0 Å². The molecule has 0 radical (unpaired) electrons. The maximum absolute atomic E-state index is 13.4. The van der Waals surface area contributed by atoms with Crippen molar-refractivity contribution in [2.24, 2.45) is 5.92 Å². The molecule has 0 saturated carbocycles. The molecule has 1 saturated heterocycles. The van der Waals surface area contributed by atoms with Crippen LogP contribution in [-0.4, -0.2) is 72.5 Å². The van der Waals surface area contributed by atoms with Gasteiger partial charge in [0.2, 0.25) is 11.8 Å². The number of nitrogens with zero attached hydrogens (tertiary/aromatic N) is 3. The van der Waals surface area contributed by atoms with Crippen LogP contribution in [0, 0.1) is 5.92 Å². The van der Waals surface area contributed by atoms with Crippen LogP contribution < -0.4 is 15.4 Å². The highest BCUT2D eigenvalue weighted by atomic mass is 35.5. The number of halogens is 1. The van der Waals surface area contributed by atoms with E-state index < -0.39 is 11.8 Å². The van der Waals surface area contributed by atoms with Crippen LogP contribution in [0.4, 0.5) is 5.69 Å². The van der Waals surface area contributed by atoms with Crippen LogP contribution in [0.3, 0.4) is 0 Å². The Morgan fingerprint density at radius 3 is 2.37 bits per heavy atom. The van der Waals surface area contributed by atoms with Crippen LogP contribution in [0.25, 0.3) is 22.4 Å². The number of methoxy groups -OCH3 is 1. The molecule has 1 fully saturated rings. The summed E-state index contributed by atoms with van der Waals surface area (Å²) in [6.07, 6.45) is 8.60. The Kier molecular flexibility index (Phi) is 15.9. The van der Waals surface area contributed by atoms with Gasteiger partial charge in [-0.25, -0.2) is 4.98 Å². The van der Waals surface area contributed by atoms with E-state index in [0.717, 1.165) is 66.5 Å². The number of amides is 3. The maximum atomic E-state index is 13.4. The summed E-state index contributed by atoms with van der Waals surface area (Å²) in [6, 6.07) is 13.9. The average molecular weight is 800 g/mol. The highest BCUT2D eigenvalue weighted by Crippen LogP contribution is 2.43. The van der Waals surface area contributed by atoms with Crippen molar-refractivity contribution in [2.75, 3.05) is 39.7 Å². The Balaban J connectivity index is 0.000000379. The van der Waals surface area contributed by atoms with Crippen LogP contribution >= 0.6 is 11.6 Å². The number of nitrogens with one attached hydrogen (secondary N) is 2. The number of rotatable bonds is 11. The Morgan fingerprint density at radius 1 is 1.05 bits per heavy atom. The van der Waals surface area contributed by atoms with Crippen LogP contribution in [0.1, 0.15) is 103 Å². The summed E-state index contributed by atoms with van der Waals surface area (Å²) in [7, 11) is 5.02. The van der Waals surface area contributed by atoms with Gasteiger partial charge in [0.15, 0.2) is 0 Å². The topological polar surface area (TPSA) is 113 Å². The molecule has 308 valence electrons. The molecule has 3 atom stereocenters. The molecular weight excluding hydrogens is 738 g/mol. The standard InChI is InChI=1S/C33H35ClN4O3.C11H21NO2.C2H6/c1-7-19(2)29-23(13-10-16-27(29)35-31(39)26-18-37(4)20(3)38(5)33(26)40)24-14-9-15-25(30(24)34)28-17-21-11-8-12-22(21)32(36-28)41-6;1-4-9(3)6-11(5-2)8-12-10(13)7-14-11;1-2/h9-10,13-19H,3,7-8,11-12H2,1-2,4-6H3,(H,35,39);9H,4-8H2,1-3H3,(H,12,13);1-2H3. The zero-order chi connectivity index (χ0) is 42.0. The van der Waals surface area contributed by atoms with E-state index in [0.29, 0.717) is 34.9 Å². The zero-order valence-electron chi connectivity index (χ0n) is 35.6. The first-order valence-electron chi connectivity index (χ1n) is 20.4. The van der Waals surface area contributed by atoms with Gasteiger partial charge in [0.05, 0.1) is 23.4 Å². The summed E-state index contributed by atoms with van der Waals surface area (Å²) in [5, 5.41) is 6.49. The van der Waals surface area contributed by atoms with E-state index in [9.17, 15) is 14.4 Å². The van der Waals surface area contributed by atoms with Crippen molar-refractivity contribution >= 4 is 35.0 Å². The first kappa shape index (κ1) is 45.0. The van der Waals surface area contributed by atoms with Crippen molar-refractivity contribution in [3.63, 3.8) is 0 Å². The number of hydrogen-bond acceptors (Lipinski definition) is 7. The lowest BCUT2D eigenvalue weighted by Gasteiger charge is -2.38. The van der Waals surface area contributed by atoms with Crippen molar-refractivity contribution in [1.82, 2.24) is 20.1 Å². The first-order valence-corrected chi connectivity index (χ1v) is 20.8. The summed E-state index contributed by atoms with van der Waals surface area (Å²) in [5.41, 5.74) is 7.34. The Labute approximate surface area is 345 Å². The normalized spacial score (nSPS) is 18.6. The second-order valence-corrected chi connectivity index (χ2v) is 15.3. The van der Waals surface area contributed by atoms with Gasteiger partial charge < -0.3 is 25.0 Å². The molecule has 57 heavy (non-hydrogen) atoms. The number of hydrogen-bond donors (Lipinski definition) is 2. The van der Waals surface area contributed by atoms with Crippen molar-refractivity contribution in [3.05, 3.63) is 88.4 Å². The number of fused-ring (bicyclic) bond motifs is 1. The quantitative estimate of drug-likeness (QED) is 0.186. The van der Waals surface area contributed by atoms with Crippen molar-refractivity contribution in [1.29, 1.82) is 0 Å². The third kappa shape index (κ3) is 10.1. The molecule has 0 spiro atoms. The molecule has 3 aliphatic rings. The molecule has 11 heteroatoms. The van der Waals surface area contributed by atoms with Gasteiger partial charge in [0.25, 0.3) is 11.8 Å². The molecule has 3 aromatic rings. The lowest BCUT2D eigenvalue weighted by molar-refractivity contribution is -0.146. The predicted molar refractivity (Wildman–Crippen MR) is 231 cm³/mol. The fourth-order valence-corrected chi connectivity index (χ4v) is 7.82. The smallest absolute Gasteiger partial charge is 0.266 e. The van der Waals surface area contributed by atoms with Crippen LogP contribution in [-0.2, 0) is 32.0 Å². The number of likely N-dealkylation sites (N-methyl/N-ethyl adjacent to an activating group) is 1. The number of carbonyl (C=O) groups excluding carboxylic acids is 3. The van der Waals surface area contributed by atoms with Crippen LogP contribution in [0.15, 0.2) is 66.6 Å². The molecule has 3 unspecified atom stereocenters. The number of morpholine rings is 1. The molecule has 1 aromatic heterocycles. The molecule has 10 nitrogen and oxygen atoms in total. The van der Waals surface area contributed by atoms with E-state index in [4.69, 9.17) is 26.1 Å². The third-order valence-electron chi connectivity index (χ3n) is 11.3. The molecule has 2 N–H and O–H groups in total. The number of aryl methyl sites for hydroxylation is 1. The number of carbonyl (C=O) groups is 3. The summed E-state index contributed by atoms with van der Waals surface area (Å²) < 4.78 is 11.3. The predicted octanol–water partition coefficient (Wildman–Crippen LogP) is 9.52. The minimum atomic E-state index is -0.475. The largest absolute Gasteiger partial charge is 0.481 e. The van der Waals surface area contributed by atoms with Crippen molar-refractivity contribution in [2.45, 2.75) is 105 Å². The second-order valence-electron chi connectivity index (χ2n) is 15.0. The fourth-order valence-electron chi connectivity index (χ4n) is 7.50. The fraction of sp³-hybridized carbons (Fsp3) is 0.478. The zero-order valence-corrected chi connectivity index (χ0v) is 36.4. The monoisotopic (exact) mass is 799 g/mol. The molecule has 2 aromatic carbocycles. The second kappa shape index (κ2) is 20.1. The molecular formula is C46H62ClN5O5. The number of ether oxygens (including phenoxy) is 2. The maximum Gasteiger partial charge on any atom is 0.266 e. The SMILES string of the molecule is C=C1N(C)C=C(C(=O)Nc2cccc(-c3cccc(-c4cc5c(c(OC)n4)CCC5)c3Cl)c2C(C)CC)C(=O)N1C.CC.CCC(C)CC1(CC)CNC(=O)CO1. The summed E-state index contributed by atoms with van der Waals surface area (Å²) in [4.78, 5) is 45.1. The first-order chi connectivity index (χ1) is 27.3. The molecule has 6 rings (SSSR count). The van der Waals surface area contributed by atoms with Crippen LogP contribution in [0.2, 0.25) is 5.02 Å². The van der Waals surface area contributed by atoms with Gasteiger partial charge in [-0.3, -0.25) is 19.3 Å². The Hall–Kier alpha value is -4.67. The number of aromatic nitrogens is 1. The van der Waals surface area contributed by atoms with Crippen molar-refractivity contribution < 1.29 is 23.9 Å². The van der Waals surface area contributed by atoms with E-state index in [1.165, 1.54) is 28.6 Å². The molecule has 2 aliphatic heterocycles. The number of benzene rings is 2. The lowest BCUT2D eigenvalue weighted by atomic mass is 9.87. The molecule has 3 heterocycles. The van der Waals surface area contributed by atoms with Crippen LogP contribution in [0.5, 0.6) is 5.88 Å². The Morgan fingerprint density at radius 2 is 1.74 bits per heavy atom. The van der Waals surface area contributed by atoms with E-state index in [1.54, 1.807) is 26.1 Å². The summed E-state index contributed by atoms with van der Waals surface area (Å²) in [6.45, 7) is 19.6. The van der Waals surface area contributed by atoms with Gasteiger partial charge in [-0.1, -0.05) is 103 Å². The van der Waals surface area contributed by atoms with Gasteiger partial charge in [-0.15, -0.1) is 0 Å². The third-order valence-corrected chi connectivity index (χ3v) is 11.8. The molecule has 0 bridgehead atoms. The van der Waals surface area contributed by atoms with E-state index in [1.807, 2.05) is 50.2 Å².